The van der Waals surface area contributed by atoms with Gasteiger partial charge in [-0.05, 0) is 20.3 Å². The molecule has 0 aromatic carbocycles. The van der Waals surface area contributed by atoms with Gasteiger partial charge in [0, 0.05) is 18.4 Å². The lowest BCUT2D eigenvalue weighted by Crippen LogP contribution is -2.48. The number of amides is 1. The minimum Gasteiger partial charge on any atom is -0.337 e. The van der Waals surface area contributed by atoms with Crippen LogP contribution < -0.4 is 0 Å². The van der Waals surface area contributed by atoms with Crippen molar-refractivity contribution in [2.45, 2.75) is 45.8 Å². The van der Waals surface area contributed by atoms with Gasteiger partial charge in [-0.15, -0.1) is 0 Å². The number of likely N-dealkylation sites (tertiary alicyclic amines) is 1. The fourth-order valence-electron chi connectivity index (χ4n) is 1.81. The van der Waals surface area contributed by atoms with Crippen LogP contribution in [0.2, 0.25) is 0 Å². The lowest BCUT2D eigenvalue weighted by atomic mass is 9.91. The van der Waals surface area contributed by atoms with Crippen molar-refractivity contribution in [1.82, 2.24) is 4.90 Å². The van der Waals surface area contributed by atoms with E-state index in [0.717, 1.165) is 6.42 Å². The molecular weight excluding hydrogens is 169 g/mol. The van der Waals surface area contributed by atoms with E-state index in [1.165, 1.54) is 0 Å². The van der Waals surface area contributed by atoms with Gasteiger partial charge in [-0.2, -0.15) is 0 Å². The highest BCUT2D eigenvalue weighted by atomic mass is 19.1. The van der Waals surface area contributed by atoms with Gasteiger partial charge >= 0.3 is 0 Å². The smallest absolute Gasteiger partial charge is 0.223 e. The number of hydrogen-bond donors (Lipinski definition) is 0. The summed E-state index contributed by atoms with van der Waals surface area (Å²) in [4.78, 5) is 13.1. The van der Waals surface area contributed by atoms with Crippen molar-refractivity contribution in [3.8, 4) is 0 Å². The van der Waals surface area contributed by atoms with E-state index in [1.54, 1.807) is 4.90 Å². The second kappa shape index (κ2) is 4.07. The molecule has 76 valence electrons. The number of carbonyl (C=O) groups is 1. The molecule has 0 radical (unpaired) electrons. The van der Waals surface area contributed by atoms with Crippen LogP contribution in [0.3, 0.4) is 0 Å². The second-order valence-electron chi connectivity index (χ2n) is 4.03. The molecule has 1 saturated heterocycles. The number of halogens is 1. The van der Waals surface area contributed by atoms with Crippen molar-refractivity contribution in [1.29, 1.82) is 0 Å². The molecule has 0 aliphatic carbocycles. The third kappa shape index (κ3) is 2.20. The van der Waals surface area contributed by atoms with Crippen molar-refractivity contribution in [3.63, 3.8) is 0 Å². The standard InChI is InChI=1S/C10H18FNO/c1-4-8-5-10(13)12(7(2)3)6-9(8)11/h7-9H,4-6H2,1-3H3/t8-,9+/m1/s1. The molecule has 0 aromatic heterocycles. The Labute approximate surface area is 79.1 Å². The second-order valence-corrected chi connectivity index (χ2v) is 4.03. The molecule has 0 aromatic rings. The predicted octanol–water partition coefficient (Wildman–Crippen LogP) is 1.99. The first-order valence-electron chi connectivity index (χ1n) is 4.99. The van der Waals surface area contributed by atoms with Crippen molar-refractivity contribution in [3.05, 3.63) is 0 Å². The Morgan fingerprint density at radius 1 is 1.62 bits per heavy atom. The van der Waals surface area contributed by atoms with Crippen LogP contribution in [0.1, 0.15) is 33.6 Å². The van der Waals surface area contributed by atoms with Crippen LogP contribution in [0.25, 0.3) is 0 Å². The van der Waals surface area contributed by atoms with Gasteiger partial charge in [0.2, 0.25) is 5.91 Å². The van der Waals surface area contributed by atoms with Gasteiger partial charge < -0.3 is 4.90 Å². The first-order valence-corrected chi connectivity index (χ1v) is 4.99. The topological polar surface area (TPSA) is 20.3 Å². The summed E-state index contributed by atoms with van der Waals surface area (Å²) in [5.41, 5.74) is 0. The maximum atomic E-state index is 13.4. The third-order valence-corrected chi connectivity index (χ3v) is 2.79. The van der Waals surface area contributed by atoms with E-state index < -0.39 is 6.17 Å². The van der Waals surface area contributed by atoms with Crippen molar-refractivity contribution in [2.24, 2.45) is 5.92 Å². The van der Waals surface area contributed by atoms with Crippen molar-refractivity contribution in [2.75, 3.05) is 6.54 Å². The molecule has 2 nitrogen and oxygen atoms in total. The van der Waals surface area contributed by atoms with Crippen molar-refractivity contribution < 1.29 is 9.18 Å². The van der Waals surface area contributed by atoms with E-state index in [9.17, 15) is 9.18 Å². The molecule has 0 spiro atoms. The van der Waals surface area contributed by atoms with Crippen molar-refractivity contribution >= 4 is 5.91 Å². The van der Waals surface area contributed by atoms with Crippen LogP contribution in [0, 0.1) is 5.92 Å². The SMILES string of the molecule is CC[C@@H]1CC(=O)N(C(C)C)C[C@@H]1F. The van der Waals surface area contributed by atoms with E-state index >= 15 is 0 Å². The zero-order valence-corrected chi connectivity index (χ0v) is 8.59. The van der Waals surface area contributed by atoms with Gasteiger partial charge in [0.05, 0.1) is 6.54 Å². The minimum absolute atomic E-state index is 0.0532. The molecule has 0 saturated carbocycles. The average Bonchev–Trinajstić information content (AvgIpc) is 2.07. The van der Waals surface area contributed by atoms with E-state index in [4.69, 9.17) is 0 Å². The summed E-state index contributed by atoms with van der Waals surface area (Å²) in [6.45, 7) is 6.08. The Morgan fingerprint density at radius 2 is 2.23 bits per heavy atom. The molecule has 1 aliphatic heterocycles. The Hall–Kier alpha value is -0.600. The summed E-state index contributed by atoms with van der Waals surface area (Å²) in [7, 11) is 0. The number of alkyl halides is 1. The molecule has 1 fully saturated rings. The fraction of sp³-hybridized carbons (Fsp3) is 0.900. The Balaban J connectivity index is 2.61. The molecule has 1 amide bonds. The van der Waals surface area contributed by atoms with Gasteiger partial charge in [0.25, 0.3) is 0 Å². The molecule has 3 heteroatoms. The van der Waals surface area contributed by atoms with E-state index in [2.05, 4.69) is 0 Å². The zero-order chi connectivity index (χ0) is 10.0. The van der Waals surface area contributed by atoms with E-state index in [1.807, 2.05) is 20.8 Å². The summed E-state index contributed by atoms with van der Waals surface area (Å²) >= 11 is 0. The number of hydrogen-bond acceptors (Lipinski definition) is 1. The average molecular weight is 187 g/mol. The highest BCUT2D eigenvalue weighted by Gasteiger charge is 2.33. The lowest BCUT2D eigenvalue weighted by Gasteiger charge is -2.36. The van der Waals surface area contributed by atoms with Crippen LogP contribution in [-0.4, -0.2) is 29.6 Å². The zero-order valence-electron chi connectivity index (χ0n) is 8.59. The summed E-state index contributed by atoms with van der Waals surface area (Å²) in [6, 6.07) is 0.128. The van der Waals surface area contributed by atoms with Gasteiger partial charge in [0.1, 0.15) is 6.17 Å². The summed E-state index contributed by atoms with van der Waals surface area (Å²) < 4.78 is 13.4. The van der Waals surface area contributed by atoms with E-state index in [-0.39, 0.29) is 24.4 Å². The number of piperidine rings is 1. The van der Waals surface area contributed by atoms with Crippen LogP contribution >= 0.6 is 0 Å². The first-order chi connectivity index (χ1) is 6.06. The highest BCUT2D eigenvalue weighted by molar-refractivity contribution is 5.77. The monoisotopic (exact) mass is 187 g/mol. The molecule has 0 unspecified atom stereocenters. The molecule has 1 rings (SSSR count). The Kier molecular flexibility index (Phi) is 3.28. The number of carbonyl (C=O) groups excluding carboxylic acids is 1. The summed E-state index contributed by atoms with van der Waals surface area (Å²) in [5, 5.41) is 0. The van der Waals surface area contributed by atoms with E-state index in [0.29, 0.717) is 6.42 Å². The maximum Gasteiger partial charge on any atom is 0.223 e. The molecule has 1 heterocycles. The molecule has 1 aliphatic rings. The Bertz CT molecular complexity index is 193. The first kappa shape index (κ1) is 10.5. The molecule has 0 N–H and O–H groups in total. The van der Waals surface area contributed by atoms with Gasteiger partial charge in [0.15, 0.2) is 0 Å². The van der Waals surface area contributed by atoms with Gasteiger partial charge in [-0.25, -0.2) is 4.39 Å². The van der Waals surface area contributed by atoms with Crippen LogP contribution in [0.15, 0.2) is 0 Å². The summed E-state index contributed by atoms with van der Waals surface area (Å²) in [6.07, 6.45) is 0.319. The van der Waals surface area contributed by atoms with Crippen LogP contribution in [-0.2, 0) is 4.79 Å². The highest BCUT2D eigenvalue weighted by Crippen LogP contribution is 2.25. The lowest BCUT2D eigenvalue weighted by molar-refractivity contribution is -0.140. The quantitative estimate of drug-likeness (QED) is 0.647. The van der Waals surface area contributed by atoms with Crippen LogP contribution in [0.4, 0.5) is 4.39 Å². The number of nitrogens with zero attached hydrogens (tertiary/aromatic N) is 1. The minimum atomic E-state index is -0.829. The maximum absolute atomic E-state index is 13.4. The van der Waals surface area contributed by atoms with Crippen LogP contribution in [0.5, 0.6) is 0 Å². The number of rotatable bonds is 2. The normalized spacial score (nSPS) is 29.9. The Morgan fingerprint density at radius 3 is 2.69 bits per heavy atom. The third-order valence-electron chi connectivity index (χ3n) is 2.79. The van der Waals surface area contributed by atoms with Gasteiger partial charge in [-0.3, -0.25) is 4.79 Å². The molecule has 13 heavy (non-hydrogen) atoms. The molecule has 2 atom stereocenters. The fourth-order valence-corrected chi connectivity index (χ4v) is 1.81. The molecular formula is C10H18FNO. The molecule has 0 bridgehead atoms. The largest absolute Gasteiger partial charge is 0.337 e. The predicted molar refractivity (Wildman–Crippen MR) is 50.1 cm³/mol. The van der Waals surface area contributed by atoms with Gasteiger partial charge in [-0.1, -0.05) is 6.92 Å². The summed E-state index contributed by atoms with van der Waals surface area (Å²) in [5.74, 6) is 0.0539.